The SMILES string of the molecule is CC(C)COC1(OCCc2nc(C(C)C)c(Sc3cc(Cl)cc(Cl)c3)n2C)CCCCCC1. The molecule has 2 aromatic rings. The van der Waals surface area contributed by atoms with E-state index in [9.17, 15) is 0 Å². The highest BCUT2D eigenvalue weighted by Gasteiger charge is 2.33. The van der Waals surface area contributed by atoms with E-state index < -0.39 is 5.79 Å². The van der Waals surface area contributed by atoms with Crippen LogP contribution in [0.2, 0.25) is 10.0 Å². The Hall–Kier alpha value is -0.720. The minimum Gasteiger partial charge on any atom is -0.350 e. The van der Waals surface area contributed by atoms with Gasteiger partial charge >= 0.3 is 0 Å². The molecule has 1 aliphatic rings. The third-order valence-corrected chi connectivity index (χ3v) is 7.58. The van der Waals surface area contributed by atoms with Gasteiger partial charge in [-0.15, -0.1) is 0 Å². The van der Waals surface area contributed by atoms with Crippen LogP contribution in [0.25, 0.3) is 0 Å². The van der Waals surface area contributed by atoms with Gasteiger partial charge < -0.3 is 14.0 Å². The molecule has 1 fully saturated rings. The second-order valence-corrected chi connectivity index (χ2v) is 11.7. The van der Waals surface area contributed by atoms with Crippen molar-refractivity contribution in [3.8, 4) is 0 Å². The Morgan fingerprint density at radius 3 is 2.21 bits per heavy atom. The number of aromatic nitrogens is 2. The molecule has 184 valence electrons. The Morgan fingerprint density at radius 2 is 1.64 bits per heavy atom. The van der Waals surface area contributed by atoms with E-state index in [1.165, 1.54) is 25.7 Å². The molecule has 0 amide bonds. The summed E-state index contributed by atoms with van der Waals surface area (Å²) in [6, 6.07) is 5.65. The van der Waals surface area contributed by atoms with Crippen molar-refractivity contribution in [3.63, 3.8) is 0 Å². The van der Waals surface area contributed by atoms with Crippen LogP contribution in [0.5, 0.6) is 0 Å². The smallest absolute Gasteiger partial charge is 0.168 e. The van der Waals surface area contributed by atoms with Gasteiger partial charge in [-0.25, -0.2) is 4.98 Å². The maximum atomic E-state index is 6.50. The van der Waals surface area contributed by atoms with E-state index in [2.05, 4.69) is 39.3 Å². The van der Waals surface area contributed by atoms with Crippen molar-refractivity contribution in [3.05, 3.63) is 39.8 Å². The number of benzene rings is 1. The number of imidazole rings is 1. The molecule has 0 unspecified atom stereocenters. The summed E-state index contributed by atoms with van der Waals surface area (Å²) in [5, 5.41) is 2.41. The summed E-state index contributed by atoms with van der Waals surface area (Å²) in [6.45, 7) is 10.1. The quantitative estimate of drug-likeness (QED) is 0.237. The monoisotopic (exact) mass is 512 g/mol. The zero-order valence-electron chi connectivity index (χ0n) is 20.6. The summed E-state index contributed by atoms with van der Waals surface area (Å²) < 4.78 is 15.1. The van der Waals surface area contributed by atoms with Crippen LogP contribution >= 0.6 is 35.0 Å². The normalized spacial score (nSPS) is 16.5. The second kappa shape index (κ2) is 12.3. The highest BCUT2D eigenvalue weighted by Crippen LogP contribution is 2.37. The molecule has 0 N–H and O–H groups in total. The molecule has 3 rings (SSSR count). The van der Waals surface area contributed by atoms with Gasteiger partial charge in [-0.1, -0.05) is 75.5 Å². The average Bonchev–Trinajstić information content (AvgIpc) is 2.89. The first-order valence-electron chi connectivity index (χ1n) is 12.2. The van der Waals surface area contributed by atoms with Crippen LogP contribution in [0.1, 0.15) is 83.7 Å². The van der Waals surface area contributed by atoms with Gasteiger partial charge in [0.25, 0.3) is 0 Å². The largest absolute Gasteiger partial charge is 0.350 e. The van der Waals surface area contributed by atoms with Crippen LogP contribution in [0.4, 0.5) is 0 Å². The van der Waals surface area contributed by atoms with Crippen molar-refractivity contribution in [2.75, 3.05) is 13.2 Å². The van der Waals surface area contributed by atoms with Gasteiger partial charge in [-0.2, -0.15) is 0 Å². The molecule has 1 aliphatic carbocycles. The van der Waals surface area contributed by atoms with E-state index in [0.29, 0.717) is 28.5 Å². The molecule has 1 aromatic carbocycles. The minimum absolute atomic E-state index is 0.311. The maximum Gasteiger partial charge on any atom is 0.168 e. The molecule has 33 heavy (non-hydrogen) atoms. The second-order valence-electron chi connectivity index (χ2n) is 9.77. The summed E-state index contributed by atoms with van der Waals surface area (Å²) in [5.41, 5.74) is 1.09. The fourth-order valence-electron chi connectivity index (χ4n) is 4.21. The van der Waals surface area contributed by atoms with Crippen molar-refractivity contribution in [2.45, 2.75) is 94.3 Å². The molecule has 1 heterocycles. The van der Waals surface area contributed by atoms with Crippen molar-refractivity contribution in [1.82, 2.24) is 9.55 Å². The number of halogens is 2. The van der Waals surface area contributed by atoms with Crippen molar-refractivity contribution in [2.24, 2.45) is 13.0 Å². The zero-order valence-corrected chi connectivity index (χ0v) is 23.0. The standard InChI is InChI=1S/C26H38Cl2N2O2S/c1-18(2)17-32-26(11-8-6-7-9-12-26)31-13-10-23-29-24(19(3)4)25(30(23)5)33-22-15-20(27)14-21(28)16-22/h14-16,18-19H,6-13,17H2,1-5H3. The fourth-order valence-corrected chi connectivity index (χ4v) is 6.09. The van der Waals surface area contributed by atoms with E-state index in [1.54, 1.807) is 17.8 Å². The lowest BCUT2D eigenvalue weighted by molar-refractivity contribution is -0.247. The highest BCUT2D eigenvalue weighted by molar-refractivity contribution is 7.99. The Morgan fingerprint density at radius 1 is 1.00 bits per heavy atom. The molecule has 7 heteroatoms. The molecule has 1 aromatic heterocycles. The van der Waals surface area contributed by atoms with Crippen molar-refractivity contribution < 1.29 is 9.47 Å². The van der Waals surface area contributed by atoms with E-state index in [-0.39, 0.29) is 0 Å². The molecule has 0 atom stereocenters. The number of rotatable bonds is 10. The first kappa shape index (κ1) is 26.9. The van der Waals surface area contributed by atoms with E-state index >= 15 is 0 Å². The number of nitrogens with zero attached hydrogens (tertiary/aromatic N) is 2. The van der Waals surface area contributed by atoms with Crippen LogP contribution in [0, 0.1) is 5.92 Å². The molecule has 0 aliphatic heterocycles. The third kappa shape index (κ3) is 7.63. The molecule has 1 saturated carbocycles. The summed E-state index contributed by atoms with van der Waals surface area (Å²) >= 11 is 14.1. The van der Waals surface area contributed by atoms with E-state index in [4.69, 9.17) is 37.7 Å². The van der Waals surface area contributed by atoms with Crippen molar-refractivity contribution >= 4 is 35.0 Å². The first-order valence-corrected chi connectivity index (χ1v) is 13.7. The Labute approximate surface area is 213 Å². The third-order valence-electron chi connectivity index (χ3n) is 5.99. The molecule has 0 radical (unpaired) electrons. The van der Waals surface area contributed by atoms with Gasteiger partial charge in [0, 0.05) is 41.3 Å². The molecular formula is C26H38Cl2N2O2S. The van der Waals surface area contributed by atoms with Crippen LogP contribution in [0.15, 0.2) is 28.1 Å². The summed E-state index contributed by atoms with van der Waals surface area (Å²) in [5.74, 6) is 1.39. The lowest BCUT2D eigenvalue weighted by Gasteiger charge is -2.33. The van der Waals surface area contributed by atoms with Gasteiger partial charge in [0.05, 0.1) is 18.9 Å². The molecular weight excluding hydrogens is 475 g/mol. The van der Waals surface area contributed by atoms with Gasteiger partial charge in [-0.3, -0.25) is 0 Å². The summed E-state index contributed by atoms with van der Waals surface area (Å²) in [6.07, 6.45) is 7.58. The minimum atomic E-state index is -0.443. The van der Waals surface area contributed by atoms with Gasteiger partial charge in [0.2, 0.25) is 0 Å². The topological polar surface area (TPSA) is 36.3 Å². The van der Waals surface area contributed by atoms with Gasteiger partial charge in [-0.05, 0) is 42.9 Å². The molecule has 0 saturated heterocycles. The summed E-state index contributed by atoms with van der Waals surface area (Å²) in [4.78, 5) is 6.02. The number of hydrogen-bond donors (Lipinski definition) is 0. The predicted octanol–water partition coefficient (Wildman–Crippen LogP) is 8.28. The molecule has 0 spiro atoms. The Kier molecular flexibility index (Phi) is 10.0. The Bertz CT molecular complexity index is 886. The van der Waals surface area contributed by atoms with Crippen LogP contribution in [0.3, 0.4) is 0 Å². The van der Waals surface area contributed by atoms with Crippen LogP contribution < -0.4 is 0 Å². The van der Waals surface area contributed by atoms with Crippen molar-refractivity contribution in [1.29, 1.82) is 0 Å². The van der Waals surface area contributed by atoms with E-state index in [1.807, 2.05) is 12.1 Å². The Balaban J connectivity index is 1.74. The number of hydrogen-bond acceptors (Lipinski definition) is 4. The highest BCUT2D eigenvalue weighted by atomic mass is 35.5. The lowest BCUT2D eigenvalue weighted by Crippen LogP contribution is -2.37. The molecule has 4 nitrogen and oxygen atoms in total. The van der Waals surface area contributed by atoms with Gasteiger partial charge in [0.15, 0.2) is 5.79 Å². The summed E-state index contributed by atoms with van der Waals surface area (Å²) in [7, 11) is 2.08. The van der Waals surface area contributed by atoms with Crippen LogP contribution in [-0.2, 0) is 22.9 Å². The maximum absolute atomic E-state index is 6.50. The van der Waals surface area contributed by atoms with Gasteiger partial charge in [0.1, 0.15) is 10.9 Å². The fraction of sp³-hybridized carbons (Fsp3) is 0.654. The van der Waals surface area contributed by atoms with Crippen LogP contribution in [-0.4, -0.2) is 28.6 Å². The van der Waals surface area contributed by atoms with E-state index in [0.717, 1.165) is 47.3 Å². The lowest BCUT2D eigenvalue weighted by atomic mass is 10.1. The predicted molar refractivity (Wildman–Crippen MR) is 139 cm³/mol. The average molecular weight is 514 g/mol. The first-order chi connectivity index (χ1) is 15.7. The zero-order chi connectivity index (χ0) is 24.0. The molecule has 0 bridgehead atoms. The number of ether oxygens (including phenoxy) is 2.